The molecule has 0 saturated carbocycles. The Hall–Kier alpha value is -1.14. The van der Waals surface area contributed by atoms with Crippen molar-refractivity contribution in [2.75, 3.05) is 58.9 Å². The van der Waals surface area contributed by atoms with Crippen molar-refractivity contribution < 1.29 is 4.79 Å². The molecule has 0 aliphatic carbocycles. The number of piperazine rings is 2. The van der Waals surface area contributed by atoms with Gasteiger partial charge in [0.05, 0.1) is 0 Å². The first-order chi connectivity index (χ1) is 11.7. The standard InChI is InChI=1S/C18H27ClN4O/c19-17-3-1-2-16(14-17)15-22-12-10-21(11-13-22)7-4-18(24)23-8-5-20-6-9-23/h1-3,14,20H,4-13,15H2. The maximum Gasteiger partial charge on any atom is 0.223 e. The van der Waals surface area contributed by atoms with Crippen molar-refractivity contribution >= 4 is 17.5 Å². The van der Waals surface area contributed by atoms with Gasteiger partial charge in [0.1, 0.15) is 0 Å². The predicted octanol–water partition coefficient (Wildman–Crippen LogP) is 1.28. The first-order valence-electron chi connectivity index (χ1n) is 8.88. The molecule has 6 heteroatoms. The third-order valence-electron chi connectivity index (χ3n) is 4.87. The smallest absolute Gasteiger partial charge is 0.223 e. The van der Waals surface area contributed by atoms with E-state index in [-0.39, 0.29) is 0 Å². The quantitative estimate of drug-likeness (QED) is 0.868. The molecule has 0 unspecified atom stereocenters. The highest BCUT2D eigenvalue weighted by molar-refractivity contribution is 6.30. The van der Waals surface area contributed by atoms with E-state index in [1.807, 2.05) is 23.1 Å². The highest BCUT2D eigenvalue weighted by atomic mass is 35.5. The summed E-state index contributed by atoms with van der Waals surface area (Å²) in [6.45, 7) is 9.57. The number of nitrogens with one attached hydrogen (secondary N) is 1. The Morgan fingerprint density at radius 1 is 1.04 bits per heavy atom. The second kappa shape index (κ2) is 8.81. The lowest BCUT2D eigenvalue weighted by atomic mass is 10.2. The van der Waals surface area contributed by atoms with Crippen molar-refractivity contribution in [3.8, 4) is 0 Å². The number of rotatable bonds is 5. The minimum absolute atomic E-state index is 0.304. The lowest BCUT2D eigenvalue weighted by Gasteiger charge is -2.35. The third-order valence-corrected chi connectivity index (χ3v) is 5.11. The summed E-state index contributed by atoms with van der Waals surface area (Å²) in [6.07, 6.45) is 0.647. The van der Waals surface area contributed by atoms with Crippen molar-refractivity contribution in [2.45, 2.75) is 13.0 Å². The zero-order valence-corrected chi connectivity index (χ0v) is 15.0. The van der Waals surface area contributed by atoms with Crippen LogP contribution in [0.1, 0.15) is 12.0 Å². The Labute approximate surface area is 149 Å². The lowest BCUT2D eigenvalue weighted by molar-refractivity contribution is -0.132. The van der Waals surface area contributed by atoms with E-state index in [1.165, 1.54) is 5.56 Å². The molecule has 2 aliphatic heterocycles. The van der Waals surface area contributed by atoms with Gasteiger partial charge in [-0.3, -0.25) is 9.69 Å². The lowest BCUT2D eigenvalue weighted by Crippen LogP contribution is -2.49. The van der Waals surface area contributed by atoms with Crippen LogP contribution in [-0.2, 0) is 11.3 Å². The van der Waals surface area contributed by atoms with Crippen LogP contribution in [0.4, 0.5) is 0 Å². The monoisotopic (exact) mass is 350 g/mol. The third kappa shape index (κ3) is 5.18. The molecule has 2 heterocycles. The molecular weight excluding hydrogens is 324 g/mol. The first kappa shape index (κ1) is 17.7. The number of halogens is 1. The highest BCUT2D eigenvalue weighted by Gasteiger charge is 2.20. The molecular formula is C18H27ClN4O. The van der Waals surface area contributed by atoms with Crippen molar-refractivity contribution in [3.63, 3.8) is 0 Å². The van der Waals surface area contributed by atoms with Crippen LogP contribution in [0.2, 0.25) is 5.02 Å². The summed E-state index contributed by atoms with van der Waals surface area (Å²) in [5, 5.41) is 4.09. The van der Waals surface area contributed by atoms with Gasteiger partial charge in [0.25, 0.3) is 0 Å². The summed E-state index contributed by atoms with van der Waals surface area (Å²) in [7, 11) is 0. The van der Waals surface area contributed by atoms with Crippen LogP contribution in [0.3, 0.4) is 0 Å². The van der Waals surface area contributed by atoms with Gasteiger partial charge in [-0.1, -0.05) is 23.7 Å². The molecule has 1 amide bonds. The predicted molar refractivity (Wildman–Crippen MR) is 97.2 cm³/mol. The SMILES string of the molecule is O=C(CCN1CCN(Cc2cccc(Cl)c2)CC1)N1CCNCC1. The number of carbonyl (C=O) groups excluding carboxylic acids is 1. The van der Waals surface area contributed by atoms with Crippen molar-refractivity contribution in [1.29, 1.82) is 0 Å². The van der Waals surface area contributed by atoms with Gasteiger partial charge in [-0.25, -0.2) is 0 Å². The number of nitrogens with zero attached hydrogens (tertiary/aromatic N) is 3. The zero-order chi connectivity index (χ0) is 16.8. The van der Waals surface area contributed by atoms with Crippen molar-refractivity contribution in [3.05, 3.63) is 34.9 Å². The number of carbonyl (C=O) groups is 1. The largest absolute Gasteiger partial charge is 0.340 e. The molecule has 0 atom stereocenters. The molecule has 0 spiro atoms. The van der Waals surface area contributed by atoms with Gasteiger partial charge >= 0.3 is 0 Å². The van der Waals surface area contributed by atoms with E-state index in [4.69, 9.17) is 11.6 Å². The van der Waals surface area contributed by atoms with E-state index < -0.39 is 0 Å². The minimum Gasteiger partial charge on any atom is -0.340 e. The Kier molecular flexibility index (Phi) is 6.49. The van der Waals surface area contributed by atoms with Crippen LogP contribution >= 0.6 is 11.6 Å². The number of hydrogen-bond acceptors (Lipinski definition) is 4. The second-order valence-electron chi connectivity index (χ2n) is 6.63. The summed E-state index contributed by atoms with van der Waals surface area (Å²) in [4.78, 5) is 19.1. The maximum absolute atomic E-state index is 12.2. The molecule has 3 rings (SSSR count). The number of amides is 1. The average Bonchev–Trinajstić information content (AvgIpc) is 2.62. The molecule has 24 heavy (non-hydrogen) atoms. The van der Waals surface area contributed by atoms with Gasteiger partial charge in [-0.15, -0.1) is 0 Å². The number of benzene rings is 1. The van der Waals surface area contributed by atoms with Gasteiger partial charge in [0.2, 0.25) is 5.91 Å². The molecule has 2 saturated heterocycles. The van der Waals surface area contributed by atoms with E-state index >= 15 is 0 Å². The van der Waals surface area contributed by atoms with Crippen LogP contribution in [0.15, 0.2) is 24.3 Å². The van der Waals surface area contributed by atoms with E-state index in [0.717, 1.165) is 70.5 Å². The zero-order valence-electron chi connectivity index (χ0n) is 14.2. The van der Waals surface area contributed by atoms with E-state index in [1.54, 1.807) is 0 Å². The molecule has 0 aromatic heterocycles. The molecule has 2 fully saturated rings. The minimum atomic E-state index is 0.304. The summed E-state index contributed by atoms with van der Waals surface area (Å²) in [5.41, 5.74) is 1.27. The Balaban J connectivity index is 1.36. The fourth-order valence-corrected chi connectivity index (χ4v) is 3.60. The average molecular weight is 351 g/mol. The fraction of sp³-hybridized carbons (Fsp3) is 0.611. The summed E-state index contributed by atoms with van der Waals surface area (Å²) < 4.78 is 0. The van der Waals surface area contributed by atoms with Crippen LogP contribution in [0.25, 0.3) is 0 Å². The van der Waals surface area contributed by atoms with Gasteiger partial charge in [-0.2, -0.15) is 0 Å². The second-order valence-corrected chi connectivity index (χ2v) is 7.06. The van der Waals surface area contributed by atoms with Crippen LogP contribution in [-0.4, -0.2) is 79.5 Å². The molecule has 1 N–H and O–H groups in total. The van der Waals surface area contributed by atoms with Crippen molar-refractivity contribution in [2.24, 2.45) is 0 Å². The Morgan fingerprint density at radius 2 is 1.75 bits per heavy atom. The molecule has 2 aliphatic rings. The maximum atomic E-state index is 12.2. The topological polar surface area (TPSA) is 38.8 Å². The normalized spacial score (nSPS) is 20.3. The molecule has 132 valence electrons. The summed E-state index contributed by atoms with van der Waals surface area (Å²) >= 11 is 6.05. The molecule has 0 bridgehead atoms. The van der Waals surface area contributed by atoms with E-state index in [9.17, 15) is 4.79 Å². The van der Waals surface area contributed by atoms with Gasteiger partial charge in [0, 0.05) is 76.9 Å². The fourth-order valence-electron chi connectivity index (χ4n) is 3.39. The van der Waals surface area contributed by atoms with Gasteiger partial charge in [-0.05, 0) is 17.7 Å². The van der Waals surface area contributed by atoms with Crippen LogP contribution < -0.4 is 5.32 Å². The first-order valence-corrected chi connectivity index (χ1v) is 9.26. The Bertz CT molecular complexity index is 540. The molecule has 0 radical (unpaired) electrons. The van der Waals surface area contributed by atoms with Crippen LogP contribution in [0, 0.1) is 0 Å². The van der Waals surface area contributed by atoms with E-state index in [2.05, 4.69) is 21.2 Å². The highest BCUT2D eigenvalue weighted by Crippen LogP contribution is 2.14. The Morgan fingerprint density at radius 3 is 2.46 bits per heavy atom. The molecule has 5 nitrogen and oxygen atoms in total. The summed E-state index contributed by atoms with van der Waals surface area (Å²) in [6, 6.07) is 8.10. The van der Waals surface area contributed by atoms with Gasteiger partial charge < -0.3 is 15.1 Å². The molecule has 1 aromatic rings. The molecule has 1 aromatic carbocycles. The number of hydrogen-bond donors (Lipinski definition) is 1. The van der Waals surface area contributed by atoms with Crippen LogP contribution in [0.5, 0.6) is 0 Å². The van der Waals surface area contributed by atoms with Gasteiger partial charge in [0.15, 0.2) is 0 Å². The van der Waals surface area contributed by atoms with Crippen molar-refractivity contribution in [1.82, 2.24) is 20.0 Å². The van der Waals surface area contributed by atoms with E-state index in [0.29, 0.717) is 12.3 Å². The summed E-state index contributed by atoms with van der Waals surface area (Å²) in [5.74, 6) is 0.304.